The van der Waals surface area contributed by atoms with Crippen LogP contribution in [0.3, 0.4) is 0 Å². The summed E-state index contributed by atoms with van der Waals surface area (Å²) in [4.78, 5) is 3.84. The van der Waals surface area contributed by atoms with Crippen molar-refractivity contribution < 1.29 is 23.0 Å². The van der Waals surface area contributed by atoms with Gasteiger partial charge in [0.2, 0.25) is 0 Å². The number of alkyl halides is 2. The molecule has 0 bridgehead atoms. The van der Waals surface area contributed by atoms with Gasteiger partial charge in [0.15, 0.2) is 0 Å². The van der Waals surface area contributed by atoms with Crippen molar-refractivity contribution in [3.63, 3.8) is 0 Å². The van der Waals surface area contributed by atoms with E-state index >= 15 is 0 Å². The van der Waals surface area contributed by atoms with Gasteiger partial charge in [-0.3, -0.25) is 4.98 Å². The lowest BCUT2D eigenvalue weighted by atomic mass is 9.86. The molecule has 2 atom stereocenters. The van der Waals surface area contributed by atoms with Gasteiger partial charge in [0, 0.05) is 23.7 Å². The maximum absolute atomic E-state index is 15.0. The third kappa shape index (κ3) is 4.79. The fourth-order valence-corrected chi connectivity index (χ4v) is 4.15. The van der Waals surface area contributed by atoms with Gasteiger partial charge in [-0.25, -0.2) is 18.3 Å². The third-order valence-corrected chi connectivity index (χ3v) is 5.67. The first-order valence-corrected chi connectivity index (χ1v) is 10.6. The molecular formula is C25H24F3N2O2. The van der Waals surface area contributed by atoms with Gasteiger partial charge in [-0.2, -0.15) is 0 Å². The van der Waals surface area contributed by atoms with E-state index in [1.807, 2.05) is 0 Å². The minimum atomic E-state index is -2.78. The molecule has 167 valence electrons. The molecule has 2 unspecified atom stereocenters. The number of pyridine rings is 1. The average molecular weight is 441 g/mol. The lowest BCUT2D eigenvalue weighted by Gasteiger charge is -2.20. The second-order valence-electron chi connectivity index (χ2n) is 7.95. The Hall–Kier alpha value is -2.90. The van der Waals surface area contributed by atoms with Gasteiger partial charge in [-0.15, -0.1) is 0 Å². The summed E-state index contributed by atoms with van der Waals surface area (Å²) in [5, 5.41) is 15.5. The predicted molar refractivity (Wildman–Crippen MR) is 115 cm³/mol. The Balaban J connectivity index is 1.70. The van der Waals surface area contributed by atoms with E-state index in [-0.39, 0.29) is 17.2 Å². The highest BCUT2D eigenvalue weighted by Gasteiger charge is 2.23. The molecule has 1 N–H and O–H groups in total. The Bertz CT molecular complexity index is 1070. The zero-order chi connectivity index (χ0) is 22.7. The number of nitrogens with one attached hydrogen (secondary N) is 1. The van der Waals surface area contributed by atoms with E-state index < -0.39 is 30.5 Å². The second kappa shape index (κ2) is 9.71. The van der Waals surface area contributed by atoms with Crippen LogP contribution in [-0.4, -0.2) is 30.8 Å². The predicted octanol–water partition coefficient (Wildman–Crippen LogP) is 5.44. The molecule has 2 aromatic carbocycles. The lowest BCUT2D eigenvalue weighted by Crippen LogP contribution is -2.19. The summed E-state index contributed by atoms with van der Waals surface area (Å²) in [5.41, 5.74) is 1.54. The van der Waals surface area contributed by atoms with Gasteiger partial charge in [-0.05, 0) is 66.9 Å². The molecule has 0 saturated carbocycles. The molecule has 7 heteroatoms. The number of rotatable bonds is 7. The minimum absolute atomic E-state index is 0.116. The van der Waals surface area contributed by atoms with Crippen molar-refractivity contribution in [3.8, 4) is 16.9 Å². The first kappa shape index (κ1) is 22.3. The van der Waals surface area contributed by atoms with Crippen LogP contribution in [0.4, 0.5) is 13.2 Å². The van der Waals surface area contributed by atoms with E-state index in [2.05, 4.69) is 10.3 Å². The van der Waals surface area contributed by atoms with Gasteiger partial charge in [-0.1, -0.05) is 24.3 Å². The SMILES string of the molecule is Cc1cc(-c2c(F)cccc2C(C[O])c2ccc(OC3CCNC3)cc2)cc(C(F)F)n1. The molecule has 4 rings (SSSR count). The summed E-state index contributed by atoms with van der Waals surface area (Å²) < 4.78 is 47.5. The molecular weight excluding hydrogens is 417 g/mol. The van der Waals surface area contributed by atoms with Crippen LogP contribution >= 0.6 is 0 Å². The van der Waals surface area contributed by atoms with E-state index in [4.69, 9.17) is 4.74 Å². The van der Waals surface area contributed by atoms with E-state index in [1.165, 1.54) is 18.2 Å². The molecule has 2 heterocycles. The monoisotopic (exact) mass is 441 g/mol. The minimum Gasteiger partial charge on any atom is -0.489 e. The molecule has 0 aliphatic carbocycles. The second-order valence-corrected chi connectivity index (χ2v) is 7.95. The number of nitrogens with zero attached hydrogens (tertiary/aromatic N) is 1. The van der Waals surface area contributed by atoms with E-state index in [9.17, 15) is 18.3 Å². The number of benzene rings is 2. The smallest absolute Gasteiger partial charge is 0.280 e. The van der Waals surface area contributed by atoms with Crippen LogP contribution in [0, 0.1) is 12.7 Å². The molecule has 0 spiro atoms. The van der Waals surface area contributed by atoms with Crippen molar-refractivity contribution in [2.24, 2.45) is 0 Å². The maximum Gasteiger partial charge on any atom is 0.280 e. The normalized spacial score (nSPS) is 17.0. The molecule has 1 saturated heterocycles. The van der Waals surface area contributed by atoms with Crippen molar-refractivity contribution in [2.45, 2.75) is 31.8 Å². The van der Waals surface area contributed by atoms with Gasteiger partial charge in [0.05, 0.1) is 6.61 Å². The fourth-order valence-electron chi connectivity index (χ4n) is 4.15. The van der Waals surface area contributed by atoms with Crippen LogP contribution in [0.1, 0.15) is 41.3 Å². The van der Waals surface area contributed by atoms with Crippen LogP contribution < -0.4 is 10.1 Å². The van der Waals surface area contributed by atoms with Crippen LogP contribution in [-0.2, 0) is 5.11 Å². The van der Waals surface area contributed by atoms with Crippen LogP contribution in [0.15, 0.2) is 54.6 Å². The maximum atomic E-state index is 15.0. The summed E-state index contributed by atoms with van der Waals surface area (Å²) in [6.45, 7) is 2.78. The molecule has 4 nitrogen and oxygen atoms in total. The summed E-state index contributed by atoms with van der Waals surface area (Å²) in [6, 6.07) is 14.4. The largest absolute Gasteiger partial charge is 0.489 e. The van der Waals surface area contributed by atoms with Gasteiger partial charge in [0.1, 0.15) is 23.4 Å². The average Bonchev–Trinajstić information content (AvgIpc) is 3.28. The summed E-state index contributed by atoms with van der Waals surface area (Å²) in [5.74, 6) is -0.510. The van der Waals surface area contributed by atoms with Gasteiger partial charge >= 0.3 is 0 Å². The van der Waals surface area contributed by atoms with Crippen LogP contribution in [0.25, 0.3) is 11.1 Å². The Morgan fingerprint density at radius 1 is 1.16 bits per heavy atom. The third-order valence-electron chi connectivity index (χ3n) is 5.67. The van der Waals surface area contributed by atoms with Crippen molar-refractivity contribution >= 4 is 0 Å². The molecule has 3 aromatic rings. The highest BCUT2D eigenvalue weighted by molar-refractivity contribution is 5.70. The number of aryl methyl sites for hydroxylation is 1. The number of aromatic nitrogens is 1. The van der Waals surface area contributed by atoms with Crippen molar-refractivity contribution in [1.29, 1.82) is 0 Å². The van der Waals surface area contributed by atoms with E-state index in [0.29, 0.717) is 22.6 Å². The molecule has 1 fully saturated rings. The number of ether oxygens (including phenoxy) is 1. The molecule has 0 amide bonds. The molecule has 1 radical (unpaired) electrons. The van der Waals surface area contributed by atoms with Crippen molar-refractivity contribution in [2.75, 3.05) is 19.7 Å². The summed E-state index contributed by atoms with van der Waals surface area (Å²) in [6.07, 6.45) is -1.73. The van der Waals surface area contributed by atoms with Gasteiger partial charge in [0.25, 0.3) is 6.43 Å². The first-order chi connectivity index (χ1) is 15.5. The molecule has 1 aliphatic heterocycles. The topological polar surface area (TPSA) is 54.0 Å². The number of hydrogen-bond acceptors (Lipinski definition) is 3. The standard InChI is InChI=1S/C25H24F3N2O2/c1-15-11-17(12-23(30-15)25(27)28)24-20(3-2-4-22(24)26)21(14-31)16-5-7-18(8-6-16)32-19-9-10-29-13-19/h2-8,11-12,19,21,25,29H,9-10,13-14H2,1H3. The quantitative estimate of drug-likeness (QED) is 0.532. The van der Waals surface area contributed by atoms with Crippen LogP contribution in [0.5, 0.6) is 5.75 Å². The highest BCUT2D eigenvalue weighted by Crippen LogP contribution is 2.37. The van der Waals surface area contributed by atoms with Crippen molar-refractivity contribution in [3.05, 3.63) is 82.9 Å². The molecule has 1 aromatic heterocycles. The Labute approximate surface area is 185 Å². The van der Waals surface area contributed by atoms with Crippen molar-refractivity contribution in [1.82, 2.24) is 10.3 Å². The fraction of sp³-hybridized carbons (Fsp3) is 0.320. The Morgan fingerprint density at radius 2 is 1.94 bits per heavy atom. The summed E-state index contributed by atoms with van der Waals surface area (Å²) >= 11 is 0. The Morgan fingerprint density at radius 3 is 2.59 bits per heavy atom. The highest BCUT2D eigenvalue weighted by atomic mass is 19.3. The van der Waals surface area contributed by atoms with Gasteiger partial charge < -0.3 is 10.1 Å². The van der Waals surface area contributed by atoms with Crippen LogP contribution in [0.2, 0.25) is 0 Å². The number of hydrogen-bond donors (Lipinski definition) is 1. The van der Waals surface area contributed by atoms with E-state index in [0.717, 1.165) is 19.5 Å². The molecule has 32 heavy (non-hydrogen) atoms. The Kier molecular flexibility index (Phi) is 6.77. The lowest BCUT2D eigenvalue weighted by molar-refractivity contribution is 0.146. The first-order valence-electron chi connectivity index (χ1n) is 10.6. The van der Waals surface area contributed by atoms with E-state index in [1.54, 1.807) is 43.3 Å². The summed E-state index contributed by atoms with van der Waals surface area (Å²) in [7, 11) is 0. The number of halogens is 3. The molecule has 1 aliphatic rings. The zero-order valence-electron chi connectivity index (χ0n) is 17.7. The zero-order valence-corrected chi connectivity index (χ0v) is 17.7.